The van der Waals surface area contributed by atoms with Crippen LogP contribution in [-0.2, 0) is 0 Å². The Kier molecular flexibility index (Phi) is 7.73. The zero-order valence-electron chi connectivity index (χ0n) is 13.8. The van der Waals surface area contributed by atoms with Crippen LogP contribution in [0.3, 0.4) is 0 Å². The predicted molar refractivity (Wildman–Crippen MR) is 99.2 cm³/mol. The van der Waals surface area contributed by atoms with Gasteiger partial charge in [-0.2, -0.15) is 0 Å². The summed E-state index contributed by atoms with van der Waals surface area (Å²) in [5.41, 5.74) is 2.17. The first-order valence-electron chi connectivity index (χ1n) is 7.67. The monoisotopic (exact) mass is 371 g/mol. The summed E-state index contributed by atoms with van der Waals surface area (Å²) < 4.78 is 5.35. The minimum atomic E-state index is 0. The third-order valence-electron chi connectivity index (χ3n) is 4.21. The van der Waals surface area contributed by atoms with Gasteiger partial charge in [-0.1, -0.05) is 0 Å². The Balaban J connectivity index is 0.00000144. The minimum Gasteiger partial charge on any atom is -0.463 e. The molecule has 3 heterocycles. The molecule has 1 saturated heterocycles. The van der Waals surface area contributed by atoms with Crippen LogP contribution in [0.2, 0.25) is 0 Å². The van der Waals surface area contributed by atoms with Crippen molar-refractivity contribution in [3.63, 3.8) is 0 Å². The molecule has 1 unspecified atom stereocenters. The molecule has 0 saturated carbocycles. The van der Waals surface area contributed by atoms with E-state index in [0.717, 1.165) is 43.1 Å². The molecule has 24 heavy (non-hydrogen) atoms. The van der Waals surface area contributed by atoms with Gasteiger partial charge in [0.1, 0.15) is 5.69 Å². The fourth-order valence-corrected chi connectivity index (χ4v) is 2.92. The molecule has 0 bridgehead atoms. The second-order valence-corrected chi connectivity index (χ2v) is 5.69. The molecule has 7 heteroatoms. The Morgan fingerprint density at radius 3 is 2.75 bits per heavy atom. The first-order valence-corrected chi connectivity index (χ1v) is 7.67. The number of hydrogen-bond acceptors (Lipinski definition) is 4. The first-order chi connectivity index (χ1) is 10.7. The molecule has 3 rings (SSSR count). The number of pyridine rings is 1. The van der Waals surface area contributed by atoms with Crippen LogP contribution in [0.15, 0.2) is 34.9 Å². The van der Waals surface area contributed by atoms with E-state index in [1.165, 1.54) is 0 Å². The van der Waals surface area contributed by atoms with E-state index in [1.54, 1.807) is 6.26 Å². The van der Waals surface area contributed by atoms with Gasteiger partial charge >= 0.3 is 0 Å². The summed E-state index contributed by atoms with van der Waals surface area (Å²) in [5, 5.41) is 3.26. The van der Waals surface area contributed by atoms with E-state index in [-0.39, 0.29) is 30.7 Å². The normalized spacial score (nSPS) is 16.9. The van der Waals surface area contributed by atoms with Gasteiger partial charge in [-0.15, -0.1) is 24.8 Å². The Bertz CT molecular complexity index is 662. The van der Waals surface area contributed by atoms with E-state index in [9.17, 15) is 4.79 Å². The molecule has 0 aromatic carbocycles. The molecule has 1 N–H and O–H groups in total. The minimum absolute atomic E-state index is 0. The van der Waals surface area contributed by atoms with Crippen molar-refractivity contribution in [3.05, 3.63) is 41.8 Å². The fourth-order valence-electron chi connectivity index (χ4n) is 2.92. The van der Waals surface area contributed by atoms with Gasteiger partial charge < -0.3 is 14.6 Å². The highest BCUT2D eigenvalue weighted by Crippen LogP contribution is 2.21. The third kappa shape index (κ3) is 4.29. The average Bonchev–Trinajstić information content (AvgIpc) is 3.08. The quantitative estimate of drug-likeness (QED) is 0.898. The van der Waals surface area contributed by atoms with E-state index < -0.39 is 0 Å². The van der Waals surface area contributed by atoms with Crippen LogP contribution in [0.4, 0.5) is 0 Å². The number of piperidine rings is 1. The van der Waals surface area contributed by atoms with Crippen LogP contribution < -0.4 is 5.32 Å². The van der Waals surface area contributed by atoms with Gasteiger partial charge in [0, 0.05) is 19.1 Å². The van der Waals surface area contributed by atoms with Crippen LogP contribution in [-0.4, -0.2) is 42.0 Å². The van der Waals surface area contributed by atoms with E-state index in [4.69, 9.17) is 4.42 Å². The third-order valence-corrected chi connectivity index (χ3v) is 4.21. The van der Waals surface area contributed by atoms with Gasteiger partial charge in [-0.3, -0.25) is 4.79 Å². The summed E-state index contributed by atoms with van der Waals surface area (Å²) in [6.45, 7) is 3.45. The van der Waals surface area contributed by atoms with Crippen LogP contribution in [0.25, 0.3) is 11.5 Å². The highest BCUT2D eigenvalue weighted by Gasteiger charge is 2.25. The second-order valence-electron chi connectivity index (χ2n) is 5.69. The number of aromatic nitrogens is 1. The molecule has 132 valence electrons. The number of rotatable bonds is 3. The van der Waals surface area contributed by atoms with Gasteiger partial charge in [-0.25, -0.2) is 4.98 Å². The van der Waals surface area contributed by atoms with Crippen molar-refractivity contribution in [2.45, 2.75) is 25.8 Å². The standard InChI is InChI=1S/C17H21N3O2.2ClH/c1-12-14(7-8-15(19-12)16-6-4-10-22-16)17(21)20-9-3-5-13(11-20)18-2;;/h4,6-8,10,13,18H,3,5,9,11H2,1-2H3;2*1H. The lowest BCUT2D eigenvalue weighted by Gasteiger charge is -2.32. The average molecular weight is 372 g/mol. The first kappa shape index (κ1) is 20.5. The summed E-state index contributed by atoms with van der Waals surface area (Å²) in [4.78, 5) is 19.1. The number of furan rings is 1. The largest absolute Gasteiger partial charge is 0.463 e. The summed E-state index contributed by atoms with van der Waals surface area (Å²) in [7, 11) is 1.95. The molecule has 1 amide bonds. The van der Waals surface area contributed by atoms with Crippen molar-refractivity contribution in [3.8, 4) is 11.5 Å². The van der Waals surface area contributed by atoms with E-state index >= 15 is 0 Å². The topological polar surface area (TPSA) is 58.4 Å². The van der Waals surface area contributed by atoms with Crippen molar-refractivity contribution in [1.82, 2.24) is 15.2 Å². The summed E-state index contributed by atoms with van der Waals surface area (Å²) in [5.74, 6) is 0.784. The van der Waals surface area contributed by atoms with Crippen LogP contribution in [0.1, 0.15) is 28.9 Å². The molecule has 0 spiro atoms. The Morgan fingerprint density at radius 1 is 1.33 bits per heavy atom. The lowest BCUT2D eigenvalue weighted by Crippen LogP contribution is -2.47. The van der Waals surface area contributed by atoms with Crippen molar-refractivity contribution in [2.24, 2.45) is 0 Å². The van der Waals surface area contributed by atoms with Crippen LogP contribution in [0, 0.1) is 6.92 Å². The number of nitrogens with zero attached hydrogens (tertiary/aromatic N) is 2. The zero-order chi connectivity index (χ0) is 15.5. The number of likely N-dealkylation sites (tertiary alicyclic amines) is 1. The van der Waals surface area contributed by atoms with E-state index in [0.29, 0.717) is 11.6 Å². The molecule has 1 aliphatic heterocycles. The highest BCUT2D eigenvalue weighted by atomic mass is 35.5. The zero-order valence-corrected chi connectivity index (χ0v) is 15.5. The number of amides is 1. The summed E-state index contributed by atoms with van der Waals surface area (Å²) in [6.07, 6.45) is 3.78. The van der Waals surface area contributed by atoms with Gasteiger partial charge in [0.2, 0.25) is 0 Å². The molecule has 1 atom stereocenters. The molecular formula is C17H23Cl2N3O2. The van der Waals surface area contributed by atoms with E-state index in [2.05, 4.69) is 10.3 Å². The number of carbonyl (C=O) groups excluding carboxylic acids is 1. The SMILES string of the molecule is CNC1CCCN(C(=O)c2ccc(-c3ccco3)nc2C)C1.Cl.Cl. The lowest BCUT2D eigenvalue weighted by atomic mass is 10.0. The van der Waals surface area contributed by atoms with Crippen molar-refractivity contribution in [1.29, 1.82) is 0 Å². The van der Waals surface area contributed by atoms with Crippen molar-refractivity contribution < 1.29 is 9.21 Å². The number of carbonyl (C=O) groups is 1. The highest BCUT2D eigenvalue weighted by molar-refractivity contribution is 5.95. The van der Waals surface area contributed by atoms with Crippen LogP contribution >= 0.6 is 24.8 Å². The number of hydrogen-bond donors (Lipinski definition) is 1. The Hall–Kier alpha value is -1.56. The summed E-state index contributed by atoms with van der Waals surface area (Å²) >= 11 is 0. The van der Waals surface area contributed by atoms with Crippen molar-refractivity contribution >= 4 is 30.7 Å². The number of aryl methyl sites for hydroxylation is 1. The fraction of sp³-hybridized carbons (Fsp3) is 0.412. The van der Waals surface area contributed by atoms with Gasteiger partial charge in [0.25, 0.3) is 5.91 Å². The smallest absolute Gasteiger partial charge is 0.255 e. The molecule has 1 fully saturated rings. The predicted octanol–water partition coefficient (Wildman–Crippen LogP) is 3.32. The molecule has 2 aromatic heterocycles. The maximum atomic E-state index is 12.7. The van der Waals surface area contributed by atoms with E-state index in [1.807, 2.05) is 43.1 Å². The Morgan fingerprint density at radius 2 is 2.12 bits per heavy atom. The number of nitrogens with one attached hydrogen (secondary N) is 1. The maximum absolute atomic E-state index is 12.7. The number of halogens is 2. The molecule has 5 nitrogen and oxygen atoms in total. The van der Waals surface area contributed by atoms with Crippen LogP contribution in [0.5, 0.6) is 0 Å². The van der Waals surface area contributed by atoms with Gasteiger partial charge in [0.05, 0.1) is 17.5 Å². The maximum Gasteiger partial charge on any atom is 0.255 e. The Labute approximate surface area is 154 Å². The van der Waals surface area contributed by atoms with Gasteiger partial charge in [-0.05, 0) is 51.1 Å². The van der Waals surface area contributed by atoms with Gasteiger partial charge in [0.15, 0.2) is 5.76 Å². The molecular weight excluding hydrogens is 349 g/mol. The second kappa shape index (κ2) is 9.06. The lowest BCUT2D eigenvalue weighted by molar-refractivity contribution is 0.0697. The summed E-state index contributed by atoms with van der Waals surface area (Å²) in [6, 6.07) is 7.78. The number of likely N-dealkylation sites (N-methyl/N-ethyl adjacent to an activating group) is 1. The molecule has 0 aliphatic carbocycles. The van der Waals surface area contributed by atoms with Crippen molar-refractivity contribution in [2.75, 3.05) is 20.1 Å². The molecule has 1 aliphatic rings. The molecule has 0 radical (unpaired) electrons. The molecule has 2 aromatic rings.